The molecule has 0 amide bonds. The Bertz CT molecular complexity index is 568. The number of rotatable bonds is 3. The van der Waals surface area contributed by atoms with E-state index in [1.54, 1.807) is 0 Å². The normalized spacial score (nSPS) is 29.8. The lowest BCUT2D eigenvalue weighted by Gasteiger charge is -2.45. The number of hydrogen-bond donors (Lipinski definition) is 2. The van der Waals surface area contributed by atoms with Crippen LogP contribution in [0.2, 0.25) is 0 Å². The molecule has 4 heteroatoms. The average molecular weight is 256 g/mol. The predicted octanol–water partition coefficient (Wildman–Crippen LogP) is 2.32. The van der Waals surface area contributed by atoms with Crippen LogP contribution in [-0.4, -0.2) is 41.3 Å². The van der Waals surface area contributed by atoms with Gasteiger partial charge in [-0.2, -0.15) is 5.10 Å². The van der Waals surface area contributed by atoms with E-state index in [9.17, 15) is 0 Å². The minimum Gasteiger partial charge on any atom is -0.385 e. The molecule has 2 N–H and O–H groups in total. The van der Waals surface area contributed by atoms with Crippen LogP contribution in [0.4, 0.5) is 5.69 Å². The van der Waals surface area contributed by atoms with Gasteiger partial charge in [-0.05, 0) is 56.0 Å². The fourth-order valence-electron chi connectivity index (χ4n) is 3.61. The maximum atomic E-state index is 4.06. The molecular weight excluding hydrogens is 236 g/mol. The Hall–Kier alpha value is -1.55. The zero-order valence-electron chi connectivity index (χ0n) is 11.1. The predicted molar refractivity (Wildman–Crippen MR) is 77.2 cm³/mol. The van der Waals surface area contributed by atoms with Crippen LogP contribution >= 0.6 is 0 Å². The summed E-state index contributed by atoms with van der Waals surface area (Å²) < 4.78 is 0. The first-order valence-corrected chi connectivity index (χ1v) is 7.28. The number of piperidine rings is 3. The van der Waals surface area contributed by atoms with Crippen LogP contribution in [0.5, 0.6) is 0 Å². The van der Waals surface area contributed by atoms with Crippen LogP contribution in [0.25, 0.3) is 10.9 Å². The third kappa shape index (κ3) is 2.10. The molecule has 0 radical (unpaired) electrons. The SMILES string of the molecule is c1cc2cn[nH]c2cc1NC[C@H]1CN2CCC1CC2. The van der Waals surface area contributed by atoms with E-state index in [4.69, 9.17) is 0 Å². The maximum Gasteiger partial charge on any atom is 0.0670 e. The van der Waals surface area contributed by atoms with Gasteiger partial charge in [0.1, 0.15) is 0 Å². The van der Waals surface area contributed by atoms with Crippen molar-refractivity contribution in [2.24, 2.45) is 11.8 Å². The van der Waals surface area contributed by atoms with Gasteiger partial charge in [0.2, 0.25) is 0 Å². The molecule has 3 aliphatic heterocycles. The summed E-state index contributed by atoms with van der Waals surface area (Å²) >= 11 is 0. The Morgan fingerprint density at radius 3 is 3.00 bits per heavy atom. The maximum absolute atomic E-state index is 4.06. The molecule has 3 saturated heterocycles. The lowest BCUT2D eigenvalue weighted by atomic mass is 9.79. The lowest BCUT2D eigenvalue weighted by molar-refractivity contribution is 0.0574. The topological polar surface area (TPSA) is 44.0 Å². The van der Waals surface area contributed by atoms with Gasteiger partial charge in [-0.1, -0.05) is 0 Å². The van der Waals surface area contributed by atoms with Gasteiger partial charge in [0.25, 0.3) is 0 Å². The summed E-state index contributed by atoms with van der Waals surface area (Å²) in [6.07, 6.45) is 4.66. The molecule has 1 aromatic carbocycles. The summed E-state index contributed by atoms with van der Waals surface area (Å²) in [5.41, 5.74) is 2.31. The fraction of sp³-hybridized carbons (Fsp3) is 0.533. The van der Waals surface area contributed by atoms with E-state index in [2.05, 4.69) is 38.6 Å². The first kappa shape index (κ1) is 11.3. The Morgan fingerprint density at radius 1 is 1.32 bits per heavy atom. The molecule has 5 rings (SSSR count). The van der Waals surface area contributed by atoms with Crippen molar-refractivity contribution in [3.63, 3.8) is 0 Å². The molecule has 3 aliphatic rings. The standard InChI is InChI=1S/C15H20N4/c1-2-14(7-15-12(1)9-17-18-15)16-8-13-10-19-5-3-11(13)4-6-19/h1-2,7,9,11,13,16H,3-6,8,10H2,(H,17,18)/t13-/m0/s1. The number of benzene rings is 1. The minimum atomic E-state index is 0.819. The zero-order chi connectivity index (χ0) is 12.7. The summed E-state index contributed by atoms with van der Waals surface area (Å²) in [4.78, 5) is 2.62. The highest BCUT2D eigenvalue weighted by Crippen LogP contribution is 2.32. The molecule has 2 bridgehead atoms. The molecule has 4 nitrogen and oxygen atoms in total. The first-order valence-electron chi connectivity index (χ1n) is 7.28. The third-order valence-corrected chi connectivity index (χ3v) is 4.80. The Labute approximate surface area is 113 Å². The van der Waals surface area contributed by atoms with E-state index >= 15 is 0 Å². The molecule has 1 atom stereocenters. The number of H-pyrrole nitrogens is 1. The van der Waals surface area contributed by atoms with Gasteiger partial charge in [-0.15, -0.1) is 0 Å². The Morgan fingerprint density at radius 2 is 2.21 bits per heavy atom. The van der Waals surface area contributed by atoms with Crippen molar-refractivity contribution >= 4 is 16.6 Å². The van der Waals surface area contributed by atoms with Gasteiger partial charge < -0.3 is 10.2 Å². The van der Waals surface area contributed by atoms with E-state index < -0.39 is 0 Å². The van der Waals surface area contributed by atoms with Crippen LogP contribution in [0.1, 0.15) is 12.8 Å². The molecule has 100 valence electrons. The molecule has 0 unspecified atom stereocenters. The molecule has 19 heavy (non-hydrogen) atoms. The first-order chi connectivity index (χ1) is 9.38. The summed E-state index contributed by atoms with van der Waals surface area (Å²) in [5, 5.41) is 11.9. The van der Waals surface area contributed by atoms with Crippen LogP contribution < -0.4 is 5.32 Å². The highest BCUT2D eigenvalue weighted by molar-refractivity contribution is 5.81. The third-order valence-electron chi connectivity index (χ3n) is 4.80. The largest absolute Gasteiger partial charge is 0.385 e. The number of hydrogen-bond acceptors (Lipinski definition) is 3. The lowest BCUT2D eigenvalue weighted by Crippen LogP contribution is -2.49. The molecular formula is C15H20N4. The quantitative estimate of drug-likeness (QED) is 0.885. The molecule has 0 spiro atoms. The van der Waals surface area contributed by atoms with Crippen molar-refractivity contribution in [1.29, 1.82) is 0 Å². The monoisotopic (exact) mass is 256 g/mol. The van der Waals surface area contributed by atoms with Gasteiger partial charge >= 0.3 is 0 Å². The highest BCUT2D eigenvalue weighted by Gasteiger charge is 2.33. The average Bonchev–Trinajstić information content (AvgIpc) is 2.94. The van der Waals surface area contributed by atoms with Gasteiger partial charge in [-0.25, -0.2) is 0 Å². The van der Waals surface area contributed by atoms with Crippen molar-refractivity contribution in [2.75, 3.05) is 31.5 Å². The van der Waals surface area contributed by atoms with Gasteiger partial charge in [-0.3, -0.25) is 5.10 Å². The zero-order valence-corrected chi connectivity index (χ0v) is 11.1. The van der Waals surface area contributed by atoms with E-state index in [0.717, 1.165) is 23.9 Å². The van der Waals surface area contributed by atoms with Gasteiger partial charge in [0.15, 0.2) is 0 Å². The van der Waals surface area contributed by atoms with Crippen molar-refractivity contribution in [2.45, 2.75) is 12.8 Å². The van der Waals surface area contributed by atoms with E-state index in [0.29, 0.717) is 0 Å². The summed E-state index contributed by atoms with van der Waals surface area (Å²) in [7, 11) is 0. The highest BCUT2D eigenvalue weighted by atomic mass is 15.2. The summed E-state index contributed by atoms with van der Waals surface area (Å²) in [6.45, 7) is 5.02. The number of aromatic nitrogens is 2. The van der Waals surface area contributed by atoms with Crippen molar-refractivity contribution in [3.8, 4) is 0 Å². The molecule has 0 aliphatic carbocycles. The molecule has 0 saturated carbocycles. The van der Waals surface area contributed by atoms with Crippen molar-refractivity contribution in [1.82, 2.24) is 15.1 Å². The Kier molecular flexibility index (Phi) is 2.69. The molecule has 1 aromatic heterocycles. The minimum absolute atomic E-state index is 0.819. The second-order valence-electron chi connectivity index (χ2n) is 5.95. The second-order valence-corrected chi connectivity index (χ2v) is 5.95. The number of nitrogens with one attached hydrogen (secondary N) is 2. The molecule has 2 aromatic rings. The van der Waals surface area contributed by atoms with Crippen LogP contribution in [-0.2, 0) is 0 Å². The Balaban J connectivity index is 1.44. The smallest absolute Gasteiger partial charge is 0.0670 e. The van der Waals surface area contributed by atoms with Crippen molar-refractivity contribution < 1.29 is 0 Å². The van der Waals surface area contributed by atoms with Gasteiger partial charge in [0, 0.05) is 24.2 Å². The molecule has 4 heterocycles. The number of fused-ring (bicyclic) bond motifs is 4. The van der Waals surface area contributed by atoms with Crippen molar-refractivity contribution in [3.05, 3.63) is 24.4 Å². The number of anilines is 1. The number of aromatic amines is 1. The number of nitrogens with zero attached hydrogens (tertiary/aromatic N) is 2. The van der Waals surface area contributed by atoms with E-state index in [1.807, 2.05) is 6.20 Å². The van der Waals surface area contributed by atoms with Crippen LogP contribution in [0.3, 0.4) is 0 Å². The van der Waals surface area contributed by atoms with E-state index in [1.165, 1.54) is 43.5 Å². The fourth-order valence-corrected chi connectivity index (χ4v) is 3.61. The molecule has 3 fully saturated rings. The second kappa shape index (κ2) is 4.53. The van der Waals surface area contributed by atoms with E-state index in [-0.39, 0.29) is 0 Å². The van der Waals surface area contributed by atoms with Crippen LogP contribution in [0.15, 0.2) is 24.4 Å². The summed E-state index contributed by atoms with van der Waals surface area (Å²) in [5.74, 6) is 1.76. The van der Waals surface area contributed by atoms with Crippen LogP contribution in [0, 0.1) is 11.8 Å². The summed E-state index contributed by atoms with van der Waals surface area (Å²) in [6, 6.07) is 6.43. The van der Waals surface area contributed by atoms with Gasteiger partial charge in [0.05, 0.1) is 11.7 Å².